The molecule has 9 nitrogen and oxygen atoms in total. The molecule has 2 aromatic rings. The van der Waals surface area contributed by atoms with Gasteiger partial charge in [0, 0.05) is 12.5 Å². The van der Waals surface area contributed by atoms with Crippen LogP contribution in [0.1, 0.15) is 18.3 Å². The fraction of sp³-hybridized carbons (Fsp3) is 0.500. The Bertz CT molecular complexity index is 724. The molecule has 0 unspecified atom stereocenters. The first kappa shape index (κ1) is 13.7. The van der Waals surface area contributed by atoms with E-state index in [1.165, 1.54) is 6.33 Å². The minimum atomic E-state index is -1.05. The zero-order valence-electron chi connectivity index (χ0n) is 11.0. The van der Waals surface area contributed by atoms with E-state index in [1.54, 1.807) is 4.57 Å². The molecule has 2 heterocycles. The number of rotatable bonds is 2. The molecule has 5 N–H and O–H groups in total. The van der Waals surface area contributed by atoms with Crippen LogP contribution in [0, 0.1) is 17.2 Å². The van der Waals surface area contributed by atoms with Crippen molar-refractivity contribution in [1.29, 1.82) is 5.26 Å². The summed E-state index contributed by atoms with van der Waals surface area (Å²) in [7, 11) is 0. The van der Waals surface area contributed by atoms with Crippen LogP contribution in [0.15, 0.2) is 6.33 Å². The van der Waals surface area contributed by atoms with Crippen LogP contribution in [0.4, 0.5) is 5.82 Å². The minimum absolute atomic E-state index is 0.0852. The lowest BCUT2D eigenvalue weighted by molar-refractivity contribution is -0.00370. The van der Waals surface area contributed by atoms with Gasteiger partial charge in [-0.15, -0.1) is 0 Å². The number of nitrogen functional groups attached to an aromatic ring is 1. The molecule has 1 fully saturated rings. The second kappa shape index (κ2) is 4.92. The Labute approximate surface area is 119 Å². The van der Waals surface area contributed by atoms with Crippen LogP contribution in [-0.2, 0) is 0 Å². The molecule has 9 heteroatoms. The molecule has 4 atom stereocenters. The van der Waals surface area contributed by atoms with E-state index >= 15 is 0 Å². The largest absolute Gasteiger partial charge is 0.396 e. The van der Waals surface area contributed by atoms with Crippen molar-refractivity contribution in [3.05, 3.63) is 12.2 Å². The summed E-state index contributed by atoms with van der Waals surface area (Å²) in [5.41, 5.74) is 6.39. The average molecular weight is 290 g/mol. The number of aliphatic hydroxyl groups is 3. The Hall–Kier alpha value is -2.28. The van der Waals surface area contributed by atoms with Gasteiger partial charge in [0.25, 0.3) is 0 Å². The molecule has 0 bridgehead atoms. The van der Waals surface area contributed by atoms with Crippen LogP contribution in [0.3, 0.4) is 0 Å². The third-order valence-electron chi connectivity index (χ3n) is 3.91. The number of anilines is 1. The highest BCUT2D eigenvalue weighted by Crippen LogP contribution is 2.36. The molecule has 0 radical (unpaired) electrons. The van der Waals surface area contributed by atoms with Crippen molar-refractivity contribution in [2.75, 3.05) is 12.3 Å². The fourth-order valence-corrected chi connectivity index (χ4v) is 2.79. The van der Waals surface area contributed by atoms with Gasteiger partial charge in [-0.05, 0) is 6.42 Å². The molecule has 1 aliphatic rings. The van der Waals surface area contributed by atoms with E-state index < -0.39 is 24.2 Å². The van der Waals surface area contributed by atoms with Gasteiger partial charge in [-0.3, -0.25) is 0 Å². The summed E-state index contributed by atoms with van der Waals surface area (Å²) in [5, 5.41) is 38.2. The maximum atomic E-state index is 10.1. The van der Waals surface area contributed by atoms with Crippen LogP contribution in [0.25, 0.3) is 11.2 Å². The third-order valence-corrected chi connectivity index (χ3v) is 3.91. The first-order valence-corrected chi connectivity index (χ1v) is 6.44. The summed E-state index contributed by atoms with van der Waals surface area (Å²) in [6, 6.07) is 1.32. The predicted octanol–water partition coefficient (Wildman–Crippen LogP) is -1.44. The monoisotopic (exact) mass is 290 g/mol. The second-order valence-electron chi connectivity index (χ2n) is 5.10. The van der Waals surface area contributed by atoms with Gasteiger partial charge in [0.05, 0.1) is 18.5 Å². The van der Waals surface area contributed by atoms with Crippen molar-refractivity contribution in [2.24, 2.45) is 5.92 Å². The van der Waals surface area contributed by atoms with Crippen molar-refractivity contribution in [3.63, 3.8) is 0 Å². The molecule has 0 saturated heterocycles. The summed E-state index contributed by atoms with van der Waals surface area (Å²) >= 11 is 0. The highest BCUT2D eigenvalue weighted by molar-refractivity contribution is 5.82. The molecule has 0 aliphatic heterocycles. The van der Waals surface area contributed by atoms with Crippen LogP contribution in [0.5, 0.6) is 0 Å². The summed E-state index contributed by atoms with van der Waals surface area (Å²) in [5.74, 6) is -0.424. The molecule has 2 aromatic heterocycles. The van der Waals surface area contributed by atoms with Crippen LogP contribution >= 0.6 is 0 Å². The Balaban J connectivity index is 2.10. The van der Waals surface area contributed by atoms with Crippen molar-refractivity contribution in [2.45, 2.75) is 24.7 Å². The highest BCUT2D eigenvalue weighted by atomic mass is 16.3. The molecule has 21 heavy (non-hydrogen) atoms. The molecule has 0 aromatic carbocycles. The average Bonchev–Trinajstić information content (AvgIpc) is 3.02. The number of aromatic nitrogens is 4. The zero-order chi connectivity index (χ0) is 15.1. The van der Waals surface area contributed by atoms with Crippen molar-refractivity contribution >= 4 is 17.0 Å². The van der Waals surface area contributed by atoms with Crippen molar-refractivity contribution in [3.8, 4) is 6.07 Å². The van der Waals surface area contributed by atoms with E-state index in [4.69, 9.17) is 11.0 Å². The Morgan fingerprint density at radius 3 is 2.76 bits per heavy atom. The number of nitrogens with zero attached hydrogens (tertiary/aromatic N) is 5. The molecule has 3 rings (SSSR count). The number of aliphatic hydroxyl groups excluding tert-OH is 3. The van der Waals surface area contributed by atoms with Crippen molar-refractivity contribution < 1.29 is 15.3 Å². The lowest BCUT2D eigenvalue weighted by Gasteiger charge is -2.18. The quantitative estimate of drug-likeness (QED) is 0.524. The summed E-state index contributed by atoms with van der Waals surface area (Å²) in [4.78, 5) is 12.0. The molecular weight excluding hydrogens is 276 g/mol. The standard InChI is InChI=1S/C12H14N6O3/c13-2-7-16-11(14)8-12(17-7)18(4-15-8)6-1-5(3-19)9(20)10(6)21/h4-6,9-10,19-21H,1,3H2,(H2,14,16,17)/t5-,6-,9-,10+/m1/s1. The fourth-order valence-electron chi connectivity index (χ4n) is 2.79. The van der Waals surface area contributed by atoms with E-state index in [0.29, 0.717) is 17.6 Å². The Morgan fingerprint density at radius 2 is 2.14 bits per heavy atom. The first-order valence-electron chi connectivity index (χ1n) is 6.44. The summed E-state index contributed by atoms with van der Waals surface area (Å²) in [6.07, 6.45) is -0.263. The maximum Gasteiger partial charge on any atom is 0.236 e. The summed E-state index contributed by atoms with van der Waals surface area (Å²) in [6.45, 7) is -0.220. The topological polar surface area (TPSA) is 154 Å². The summed E-state index contributed by atoms with van der Waals surface area (Å²) < 4.78 is 1.57. The molecule has 0 spiro atoms. The lowest BCUT2D eigenvalue weighted by Crippen LogP contribution is -2.30. The number of fused-ring (bicyclic) bond motifs is 1. The molecule has 0 amide bonds. The van der Waals surface area contributed by atoms with Gasteiger partial charge in [-0.2, -0.15) is 15.2 Å². The maximum absolute atomic E-state index is 10.1. The Kier molecular flexibility index (Phi) is 3.21. The van der Waals surface area contributed by atoms with Gasteiger partial charge in [0.1, 0.15) is 17.7 Å². The van der Waals surface area contributed by atoms with Gasteiger partial charge in [-0.25, -0.2) is 4.98 Å². The van der Waals surface area contributed by atoms with Crippen LogP contribution in [-0.4, -0.2) is 53.7 Å². The normalized spacial score (nSPS) is 28.9. The second-order valence-corrected chi connectivity index (χ2v) is 5.10. The van der Waals surface area contributed by atoms with E-state index in [-0.39, 0.29) is 18.2 Å². The minimum Gasteiger partial charge on any atom is -0.396 e. The predicted molar refractivity (Wildman–Crippen MR) is 70.7 cm³/mol. The van der Waals surface area contributed by atoms with Crippen LogP contribution < -0.4 is 5.73 Å². The van der Waals surface area contributed by atoms with E-state index in [0.717, 1.165) is 0 Å². The van der Waals surface area contributed by atoms with Gasteiger partial charge in [0.15, 0.2) is 11.5 Å². The molecule has 1 saturated carbocycles. The SMILES string of the molecule is N#Cc1nc(N)c2ncn([C@@H]3C[C@H](CO)[C@@H](O)[C@H]3O)c2n1. The number of nitrogens with two attached hydrogens (primary N) is 1. The van der Waals surface area contributed by atoms with E-state index in [9.17, 15) is 15.3 Å². The number of hydrogen-bond acceptors (Lipinski definition) is 8. The zero-order valence-corrected chi connectivity index (χ0v) is 11.0. The van der Waals surface area contributed by atoms with Gasteiger partial charge < -0.3 is 25.6 Å². The molecular formula is C12H14N6O3. The lowest BCUT2D eigenvalue weighted by atomic mass is 10.1. The van der Waals surface area contributed by atoms with E-state index in [2.05, 4.69) is 15.0 Å². The number of imidazole rings is 1. The van der Waals surface area contributed by atoms with Gasteiger partial charge in [-0.1, -0.05) is 0 Å². The smallest absolute Gasteiger partial charge is 0.236 e. The third kappa shape index (κ3) is 2.01. The highest BCUT2D eigenvalue weighted by Gasteiger charge is 2.42. The number of nitriles is 1. The van der Waals surface area contributed by atoms with Crippen molar-refractivity contribution in [1.82, 2.24) is 19.5 Å². The molecule has 1 aliphatic carbocycles. The van der Waals surface area contributed by atoms with Gasteiger partial charge >= 0.3 is 0 Å². The molecule has 110 valence electrons. The van der Waals surface area contributed by atoms with Crippen LogP contribution in [0.2, 0.25) is 0 Å². The number of hydrogen-bond donors (Lipinski definition) is 4. The first-order chi connectivity index (χ1) is 10.1. The van der Waals surface area contributed by atoms with Gasteiger partial charge in [0.2, 0.25) is 5.82 Å². The Morgan fingerprint density at radius 1 is 1.38 bits per heavy atom. The van der Waals surface area contributed by atoms with E-state index in [1.807, 2.05) is 6.07 Å².